The Kier molecular flexibility index (Phi) is 6.68. The predicted molar refractivity (Wildman–Crippen MR) is 64.9 cm³/mol. The zero-order valence-electron chi connectivity index (χ0n) is 9.29. The second kappa shape index (κ2) is 7.88. The van der Waals surface area contributed by atoms with Gasteiger partial charge in [-0.25, -0.2) is 0 Å². The van der Waals surface area contributed by atoms with Gasteiger partial charge in [0, 0.05) is 26.0 Å². The predicted octanol–water partition coefficient (Wildman–Crippen LogP) is 3.24. The van der Waals surface area contributed by atoms with Crippen LogP contribution >= 0.6 is 15.9 Å². The molecule has 0 atom stereocenters. The van der Waals surface area contributed by atoms with Crippen LogP contribution in [0.3, 0.4) is 0 Å². The van der Waals surface area contributed by atoms with Crippen LogP contribution in [-0.2, 0) is 11.3 Å². The maximum Gasteiger partial charge on any atom is 0.0632 e. The molecule has 15 heavy (non-hydrogen) atoms. The Morgan fingerprint density at radius 2 is 2.13 bits per heavy atom. The van der Waals surface area contributed by atoms with Gasteiger partial charge in [0.05, 0.1) is 10.7 Å². The van der Waals surface area contributed by atoms with Crippen LogP contribution in [0.5, 0.6) is 0 Å². The first kappa shape index (κ1) is 12.7. The number of ether oxygens (including phenoxy) is 1. The number of nitrogens with zero attached hydrogens (tertiary/aromatic N) is 2. The first-order chi connectivity index (χ1) is 7.33. The summed E-state index contributed by atoms with van der Waals surface area (Å²) < 4.78 is 8.31. The summed E-state index contributed by atoms with van der Waals surface area (Å²) >= 11 is 3.38. The topological polar surface area (TPSA) is 27.1 Å². The highest BCUT2D eigenvalue weighted by molar-refractivity contribution is 9.10. The Morgan fingerprint density at radius 3 is 2.80 bits per heavy atom. The van der Waals surface area contributed by atoms with Crippen molar-refractivity contribution in [2.75, 3.05) is 13.2 Å². The molecular formula is C11H19BrN2O. The monoisotopic (exact) mass is 274 g/mol. The number of hydrogen-bond donors (Lipinski definition) is 0. The van der Waals surface area contributed by atoms with Crippen molar-refractivity contribution in [1.82, 2.24) is 9.78 Å². The maximum atomic E-state index is 5.28. The Balaban J connectivity index is 1.93. The zero-order valence-corrected chi connectivity index (χ0v) is 10.9. The summed E-state index contributed by atoms with van der Waals surface area (Å²) in [6.45, 7) is 4.79. The molecule has 0 N–H and O–H groups in total. The SMILES string of the molecule is CCOCCCCCCn1cc(Br)cn1. The molecule has 1 aromatic rings. The molecular weight excluding hydrogens is 256 g/mol. The summed E-state index contributed by atoms with van der Waals surface area (Å²) in [4.78, 5) is 0. The molecule has 0 aromatic carbocycles. The van der Waals surface area contributed by atoms with E-state index in [0.717, 1.165) is 24.2 Å². The minimum Gasteiger partial charge on any atom is -0.382 e. The number of aromatic nitrogens is 2. The lowest BCUT2D eigenvalue weighted by atomic mass is 10.2. The van der Waals surface area contributed by atoms with Gasteiger partial charge in [0.25, 0.3) is 0 Å². The number of unbranched alkanes of at least 4 members (excludes halogenated alkanes) is 3. The highest BCUT2D eigenvalue weighted by Crippen LogP contribution is 2.08. The van der Waals surface area contributed by atoms with Crippen molar-refractivity contribution in [2.24, 2.45) is 0 Å². The van der Waals surface area contributed by atoms with Crippen LogP contribution < -0.4 is 0 Å². The maximum absolute atomic E-state index is 5.28. The molecule has 0 radical (unpaired) electrons. The van der Waals surface area contributed by atoms with Crippen LogP contribution in [0.4, 0.5) is 0 Å². The molecule has 0 aliphatic carbocycles. The molecule has 1 aromatic heterocycles. The van der Waals surface area contributed by atoms with Crippen molar-refractivity contribution in [3.05, 3.63) is 16.9 Å². The van der Waals surface area contributed by atoms with Crippen molar-refractivity contribution in [3.8, 4) is 0 Å². The highest BCUT2D eigenvalue weighted by atomic mass is 79.9. The largest absolute Gasteiger partial charge is 0.382 e. The quantitative estimate of drug-likeness (QED) is 0.681. The molecule has 0 spiro atoms. The van der Waals surface area contributed by atoms with Crippen LogP contribution in [0.15, 0.2) is 16.9 Å². The third-order valence-corrected chi connectivity index (χ3v) is 2.64. The normalized spacial score (nSPS) is 10.8. The molecule has 0 saturated carbocycles. The summed E-state index contributed by atoms with van der Waals surface area (Å²) in [5.41, 5.74) is 0. The average Bonchev–Trinajstić information content (AvgIpc) is 2.63. The van der Waals surface area contributed by atoms with E-state index in [-0.39, 0.29) is 0 Å². The third-order valence-electron chi connectivity index (χ3n) is 2.23. The second-order valence-electron chi connectivity index (χ2n) is 3.53. The summed E-state index contributed by atoms with van der Waals surface area (Å²) in [6, 6.07) is 0. The molecule has 0 unspecified atom stereocenters. The first-order valence-electron chi connectivity index (χ1n) is 5.58. The fourth-order valence-electron chi connectivity index (χ4n) is 1.44. The lowest BCUT2D eigenvalue weighted by Gasteiger charge is -2.02. The molecule has 86 valence electrons. The number of rotatable bonds is 8. The molecule has 1 rings (SSSR count). The smallest absolute Gasteiger partial charge is 0.0632 e. The van der Waals surface area contributed by atoms with Crippen molar-refractivity contribution < 1.29 is 4.74 Å². The fraction of sp³-hybridized carbons (Fsp3) is 0.727. The average molecular weight is 275 g/mol. The van der Waals surface area contributed by atoms with Crippen LogP contribution in [0.25, 0.3) is 0 Å². The Bertz CT molecular complexity index is 263. The molecule has 1 heterocycles. The number of hydrogen-bond acceptors (Lipinski definition) is 2. The molecule has 0 amide bonds. The van der Waals surface area contributed by atoms with E-state index in [4.69, 9.17) is 4.74 Å². The van der Waals surface area contributed by atoms with E-state index >= 15 is 0 Å². The van der Waals surface area contributed by atoms with Gasteiger partial charge in [-0.1, -0.05) is 12.8 Å². The second-order valence-corrected chi connectivity index (χ2v) is 4.45. The van der Waals surface area contributed by atoms with Gasteiger partial charge < -0.3 is 4.74 Å². The highest BCUT2D eigenvalue weighted by Gasteiger charge is 1.95. The molecule has 0 aliphatic rings. The summed E-state index contributed by atoms with van der Waals surface area (Å²) in [6.07, 6.45) is 8.72. The van der Waals surface area contributed by atoms with E-state index < -0.39 is 0 Å². The number of halogens is 1. The van der Waals surface area contributed by atoms with Crippen LogP contribution in [-0.4, -0.2) is 23.0 Å². The fourth-order valence-corrected chi connectivity index (χ4v) is 1.76. The van der Waals surface area contributed by atoms with Gasteiger partial charge in [0.1, 0.15) is 0 Å². The van der Waals surface area contributed by atoms with E-state index in [1.54, 1.807) is 0 Å². The summed E-state index contributed by atoms with van der Waals surface area (Å²) in [7, 11) is 0. The van der Waals surface area contributed by atoms with Gasteiger partial charge in [-0.2, -0.15) is 5.10 Å². The van der Waals surface area contributed by atoms with E-state index in [1.165, 1.54) is 25.7 Å². The molecule has 0 saturated heterocycles. The Labute approximate surface area is 99.9 Å². The first-order valence-corrected chi connectivity index (χ1v) is 6.38. The van der Waals surface area contributed by atoms with Gasteiger partial charge >= 0.3 is 0 Å². The van der Waals surface area contributed by atoms with Crippen molar-refractivity contribution in [2.45, 2.75) is 39.2 Å². The van der Waals surface area contributed by atoms with Crippen LogP contribution in [0, 0.1) is 0 Å². The summed E-state index contributed by atoms with van der Waals surface area (Å²) in [5, 5.41) is 4.21. The van der Waals surface area contributed by atoms with Crippen molar-refractivity contribution in [3.63, 3.8) is 0 Å². The van der Waals surface area contributed by atoms with Gasteiger partial charge in [-0.15, -0.1) is 0 Å². The van der Waals surface area contributed by atoms with Crippen LogP contribution in [0.2, 0.25) is 0 Å². The third kappa shape index (κ3) is 5.95. The van der Waals surface area contributed by atoms with E-state index in [2.05, 4.69) is 21.0 Å². The van der Waals surface area contributed by atoms with Gasteiger partial charge in [-0.3, -0.25) is 4.68 Å². The van der Waals surface area contributed by atoms with Crippen molar-refractivity contribution >= 4 is 15.9 Å². The zero-order chi connectivity index (χ0) is 10.9. The number of aryl methyl sites for hydroxylation is 1. The van der Waals surface area contributed by atoms with E-state index in [9.17, 15) is 0 Å². The van der Waals surface area contributed by atoms with E-state index in [1.807, 2.05) is 24.0 Å². The van der Waals surface area contributed by atoms with Gasteiger partial charge in [0.15, 0.2) is 0 Å². The Hall–Kier alpha value is -0.350. The van der Waals surface area contributed by atoms with Crippen LogP contribution in [0.1, 0.15) is 32.6 Å². The summed E-state index contributed by atoms with van der Waals surface area (Å²) in [5.74, 6) is 0. The molecule has 0 bridgehead atoms. The molecule has 3 nitrogen and oxygen atoms in total. The van der Waals surface area contributed by atoms with E-state index in [0.29, 0.717) is 0 Å². The van der Waals surface area contributed by atoms with Crippen molar-refractivity contribution in [1.29, 1.82) is 0 Å². The lowest BCUT2D eigenvalue weighted by molar-refractivity contribution is 0.143. The molecule has 0 aliphatic heterocycles. The molecule has 0 fully saturated rings. The minimum atomic E-state index is 0.835. The molecule has 4 heteroatoms. The van der Waals surface area contributed by atoms with Gasteiger partial charge in [0.2, 0.25) is 0 Å². The van der Waals surface area contributed by atoms with Gasteiger partial charge in [-0.05, 0) is 35.7 Å². The minimum absolute atomic E-state index is 0.835. The Morgan fingerprint density at radius 1 is 1.33 bits per heavy atom. The standard InChI is InChI=1S/C11H19BrN2O/c1-2-15-8-6-4-3-5-7-14-10-11(12)9-13-14/h9-10H,2-8H2,1H3. The lowest BCUT2D eigenvalue weighted by Crippen LogP contribution is -1.98.